The highest BCUT2D eigenvalue weighted by Crippen LogP contribution is 2.29. The number of hydrogen-bond donors (Lipinski definition) is 0. The molecule has 0 radical (unpaired) electrons. The van der Waals surface area contributed by atoms with Crippen molar-refractivity contribution in [3.63, 3.8) is 0 Å². The van der Waals surface area contributed by atoms with Gasteiger partial charge in [0.2, 0.25) is 0 Å². The van der Waals surface area contributed by atoms with Crippen LogP contribution >= 0.6 is 0 Å². The molecule has 0 fully saturated rings. The molecule has 7 heteroatoms. The fourth-order valence-corrected chi connectivity index (χ4v) is 2.49. The van der Waals surface area contributed by atoms with Gasteiger partial charge in [-0.3, -0.25) is 4.79 Å². The molecule has 136 valence electrons. The van der Waals surface area contributed by atoms with Gasteiger partial charge in [-0.05, 0) is 42.8 Å². The van der Waals surface area contributed by atoms with E-state index in [4.69, 9.17) is 4.74 Å². The summed E-state index contributed by atoms with van der Waals surface area (Å²) in [6, 6.07) is 8.10. The van der Waals surface area contributed by atoms with Crippen molar-refractivity contribution in [1.29, 1.82) is 0 Å². The molecule has 0 saturated carbocycles. The van der Waals surface area contributed by atoms with Crippen LogP contribution in [0.3, 0.4) is 0 Å². The van der Waals surface area contributed by atoms with E-state index in [-0.39, 0.29) is 11.5 Å². The lowest BCUT2D eigenvalue weighted by molar-refractivity contribution is -0.137. The number of alkyl halides is 3. The molecule has 0 bridgehead atoms. The molecule has 0 saturated heterocycles. The van der Waals surface area contributed by atoms with Gasteiger partial charge in [0, 0.05) is 44.8 Å². The van der Waals surface area contributed by atoms with E-state index in [2.05, 4.69) is 0 Å². The molecule has 25 heavy (non-hydrogen) atoms. The lowest BCUT2D eigenvalue weighted by Gasteiger charge is -2.23. The number of rotatable bonds is 7. The Hall–Kier alpha value is -2.28. The number of ether oxygens (including phenoxy) is 1. The molecule has 1 aromatic heterocycles. The Morgan fingerprint density at radius 2 is 1.88 bits per heavy atom. The van der Waals surface area contributed by atoms with E-state index in [0.29, 0.717) is 26.1 Å². The maximum absolute atomic E-state index is 12.7. The molecule has 1 amide bonds. The minimum absolute atomic E-state index is 0.236. The van der Waals surface area contributed by atoms with Crippen molar-refractivity contribution in [3.8, 4) is 0 Å². The maximum Gasteiger partial charge on any atom is 0.416 e. The van der Waals surface area contributed by atoms with E-state index in [0.717, 1.165) is 17.8 Å². The van der Waals surface area contributed by atoms with Crippen molar-refractivity contribution in [3.05, 3.63) is 59.4 Å². The number of amides is 1. The Bertz CT molecular complexity index is 693. The number of carbonyl (C=O) groups is 1. The number of nitrogens with zero attached hydrogens (tertiary/aromatic N) is 2. The second kappa shape index (κ2) is 8.20. The monoisotopic (exact) mass is 354 g/mol. The highest BCUT2D eigenvalue weighted by Gasteiger charge is 2.30. The summed E-state index contributed by atoms with van der Waals surface area (Å²) in [6.45, 7) is 1.34. The average Bonchev–Trinajstić information content (AvgIpc) is 2.98. The maximum atomic E-state index is 12.7. The zero-order valence-corrected chi connectivity index (χ0v) is 14.2. The Balaban J connectivity index is 2.17. The van der Waals surface area contributed by atoms with E-state index in [1.165, 1.54) is 12.1 Å². The molecule has 2 aromatic rings. The lowest BCUT2D eigenvalue weighted by atomic mass is 10.1. The number of carbonyl (C=O) groups excluding carboxylic acids is 1. The second-order valence-electron chi connectivity index (χ2n) is 5.76. The third-order valence-electron chi connectivity index (χ3n) is 3.93. The third kappa shape index (κ3) is 5.09. The number of benzene rings is 1. The number of halogens is 3. The normalized spacial score (nSPS) is 11.6. The highest BCUT2D eigenvalue weighted by molar-refractivity contribution is 5.94. The summed E-state index contributed by atoms with van der Waals surface area (Å²) in [6.07, 6.45) is -1.89. The first-order valence-corrected chi connectivity index (χ1v) is 7.88. The summed E-state index contributed by atoms with van der Waals surface area (Å²) in [5, 5.41) is 0. The molecular weight excluding hydrogens is 333 g/mol. The first-order valence-electron chi connectivity index (χ1n) is 7.88. The first-order chi connectivity index (χ1) is 11.8. The van der Waals surface area contributed by atoms with Gasteiger partial charge in [0.05, 0.1) is 12.1 Å². The first kappa shape index (κ1) is 19.1. The van der Waals surface area contributed by atoms with Crippen molar-refractivity contribution in [2.75, 3.05) is 20.3 Å². The molecule has 0 aliphatic heterocycles. The molecule has 1 heterocycles. The van der Waals surface area contributed by atoms with Crippen LogP contribution in [0.15, 0.2) is 42.6 Å². The van der Waals surface area contributed by atoms with Crippen molar-refractivity contribution in [2.24, 2.45) is 7.05 Å². The molecule has 0 N–H and O–H groups in total. The Labute approximate surface area is 144 Å². The molecular formula is C18H21F3N2O2. The summed E-state index contributed by atoms with van der Waals surface area (Å²) in [4.78, 5) is 14.4. The van der Waals surface area contributed by atoms with Crippen LogP contribution in [0.4, 0.5) is 13.2 Å². The Morgan fingerprint density at radius 1 is 1.20 bits per heavy atom. The summed E-state index contributed by atoms with van der Waals surface area (Å²) < 4.78 is 44.9. The lowest BCUT2D eigenvalue weighted by Crippen LogP contribution is -2.32. The summed E-state index contributed by atoms with van der Waals surface area (Å²) >= 11 is 0. The van der Waals surface area contributed by atoms with E-state index in [9.17, 15) is 18.0 Å². The van der Waals surface area contributed by atoms with Crippen molar-refractivity contribution in [2.45, 2.75) is 19.1 Å². The van der Waals surface area contributed by atoms with Gasteiger partial charge in [0.1, 0.15) is 0 Å². The van der Waals surface area contributed by atoms with Gasteiger partial charge >= 0.3 is 6.18 Å². The van der Waals surface area contributed by atoms with Crippen molar-refractivity contribution < 1.29 is 22.7 Å². The van der Waals surface area contributed by atoms with Crippen LogP contribution < -0.4 is 0 Å². The predicted octanol–water partition coefficient (Wildman–Crippen LogP) is 3.72. The third-order valence-corrected chi connectivity index (χ3v) is 3.93. The summed E-state index contributed by atoms with van der Waals surface area (Å²) in [7, 11) is 3.46. The number of aromatic nitrogens is 1. The quantitative estimate of drug-likeness (QED) is 0.710. The van der Waals surface area contributed by atoms with Gasteiger partial charge in [-0.2, -0.15) is 13.2 Å². The molecule has 1 aromatic carbocycles. The highest BCUT2D eigenvalue weighted by atomic mass is 19.4. The minimum Gasteiger partial charge on any atom is -0.385 e. The van der Waals surface area contributed by atoms with Crippen LogP contribution in [-0.4, -0.2) is 35.6 Å². The number of aryl methyl sites for hydroxylation is 1. The molecule has 4 nitrogen and oxygen atoms in total. The molecule has 0 unspecified atom stereocenters. The van der Waals surface area contributed by atoms with Gasteiger partial charge in [0.25, 0.3) is 5.91 Å². The van der Waals surface area contributed by atoms with Crippen LogP contribution in [0.25, 0.3) is 0 Å². The SMILES string of the molecule is COCCCN(Cc1cccn1C)C(=O)c1ccc(C(F)(F)F)cc1. The second-order valence-corrected chi connectivity index (χ2v) is 5.76. The summed E-state index contributed by atoms with van der Waals surface area (Å²) in [5.74, 6) is -0.300. The standard InChI is InChI=1S/C18H21F3N2O2/c1-22-10-3-5-16(22)13-23(11-4-12-25-2)17(24)14-6-8-15(9-7-14)18(19,20)21/h3,5-10H,4,11-13H2,1-2H3. The van der Waals surface area contributed by atoms with E-state index in [1.54, 1.807) is 12.0 Å². The van der Waals surface area contributed by atoms with Crippen LogP contribution in [0, 0.1) is 0 Å². The number of hydrogen-bond acceptors (Lipinski definition) is 2. The topological polar surface area (TPSA) is 34.5 Å². The average molecular weight is 354 g/mol. The smallest absolute Gasteiger partial charge is 0.385 e. The number of methoxy groups -OCH3 is 1. The van der Waals surface area contributed by atoms with Crippen molar-refractivity contribution in [1.82, 2.24) is 9.47 Å². The molecule has 0 aliphatic carbocycles. The predicted molar refractivity (Wildman–Crippen MR) is 88.1 cm³/mol. The largest absolute Gasteiger partial charge is 0.416 e. The van der Waals surface area contributed by atoms with Crippen LogP contribution in [0.1, 0.15) is 28.0 Å². The van der Waals surface area contributed by atoms with Gasteiger partial charge in [-0.1, -0.05) is 0 Å². The van der Waals surface area contributed by atoms with Gasteiger partial charge in [-0.15, -0.1) is 0 Å². The zero-order valence-electron chi connectivity index (χ0n) is 14.2. The Morgan fingerprint density at radius 3 is 2.40 bits per heavy atom. The van der Waals surface area contributed by atoms with E-state index >= 15 is 0 Å². The molecule has 0 atom stereocenters. The fraction of sp³-hybridized carbons (Fsp3) is 0.389. The van der Waals surface area contributed by atoms with Gasteiger partial charge in [-0.25, -0.2) is 0 Å². The summed E-state index contributed by atoms with van der Waals surface area (Å²) in [5.41, 5.74) is 0.412. The van der Waals surface area contributed by atoms with Gasteiger partial charge in [0.15, 0.2) is 0 Å². The minimum atomic E-state index is -4.41. The van der Waals surface area contributed by atoms with Crippen molar-refractivity contribution >= 4 is 5.91 Å². The van der Waals surface area contributed by atoms with Crippen LogP contribution in [0.2, 0.25) is 0 Å². The Kier molecular flexibility index (Phi) is 6.25. The van der Waals surface area contributed by atoms with Gasteiger partial charge < -0.3 is 14.2 Å². The van der Waals surface area contributed by atoms with E-state index < -0.39 is 11.7 Å². The van der Waals surface area contributed by atoms with E-state index in [1.807, 2.05) is 29.9 Å². The van der Waals surface area contributed by atoms with Crippen LogP contribution in [-0.2, 0) is 24.5 Å². The fourth-order valence-electron chi connectivity index (χ4n) is 2.49. The zero-order chi connectivity index (χ0) is 18.4. The van der Waals surface area contributed by atoms with Crippen LogP contribution in [0.5, 0.6) is 0 Å². The molecule has 0 spiro atoms. The molecule has 2 rings (SSSR count). The molecule has 0 aliphatic rings.